The molecule has 5 aliphatic carbocycles. The highest BCUT2D eigenvalue weighted by atomic mass is 16.6. The Morgan fingerprint density at radius 1 is 1.00 bits per heavy atom. The molecule has 5 rings (SSSR count). The van der Waals surface area contributed by atoms with Crippen LogP contribution in [0.1, 0.15) is 80.1 Å². The van der Waals surface area contributed by atoms with Crippen LogP contribution in [0.3, 0.4) is 0 Å². The molecule has 5 fully saturated rings. The Balaban J connectivity index is 1.62. The normalized spacial score (nSPS) is 45.8. The molecular formula is C21H34O2. The number of carbonyl (C=O) groups excluding carboxylic acids is 1. The molecule has 0 radical (unpaired) electrons. The Morgan fingerprint density at radius 2 is 1.65 bits per heavy atom. The van der Waals surface area contributed by atoms with Gasteiger partial charge in [-0.3, -0.25) is 4.79 Å². The lowest BCUT2D eigenvalue weighted by atomic mass is 9.59. The van der Waals surface area contributed by atoms with Gasteiger partial charge in [-0.25, -0.2) is 0 Å². The highest BCUT2D eigenvalue weighted by Gasteiger charge is 2.67. The van der Waals surface area contributed by atoms with Crippen molar-refractivity contribution in [1.29, 1.82) is 0 Å². The first-order valence-corrected chi connectivity index (χ1v) is 9.75. The van der Waals surface area contributed by atoms with E-state index >= 15 is 0 Å². The summed E-state index contributed by atoms with van der Waals surface area (Å²) in [7, 11) is 0. The van der Waals surface area contributed by atoms with Gasteiger partial charge in [0.15, 0.2) is 0 Å². The molecule has 4 bridgehead atoms. The number of esters is 1. The summed E-state index contributed by atoms with van der Waals surface area (Å²) in [6.45, 7) is 13.4. The minimum atomic E-state index is -0.386. The first-order valence-electron chi connectivity index (χ1n) is 9.75. The molecule has 0 aromatic heterocycles. The van der Waals surface area contributed by atoms with Crippen molar-refractivity contribution in [3.8, 4) is 0 Å². The van der Waals surface area contributed by atoms with Gasteiger partial charge in [-0.05, 0) is 81.0 Å². The molecule has 130 valence electrons. The molecule has 0 amide bonds. The van der Waals surface area contributed by atoms with Crippen molar-refractivity contribution < 1.29 is 9.53 Å². The van der Waals surface area contributed by atoms with E-state index in [4.69, 9.17) is 4.74 Å². The third kappa shape index (κ3) is 1.90. The molecule has 0 aromatic rings. The smallest absolute Gasteiger partial charge is 0.313 e. The molecule has 0 saturated heterocycles. The summed E-state index contributed by atoms with van der Waals surface area (Å²) in [4.78, 5) is 13.5. The Labute approximate surface area is 141 Å². The van der Waals surface area contributed by atoms with Crippen LogP contribution < -0.4 is 0 Å². The van der Waals surface area contributed by atoms with Crippen LogP contribution in [0.2, 0.25) is 0 Å². The lowest BCUT2D eigenvalue weighted by Gasteiger charge is -2.49. The predicted octanol–water partition coefficient (Wildman–Crippen LogP) is 5.21. The maximum Gasteiger partial charge on any atom is 0.313 e. The van der Waals surface area contributed by atoms with Gasteiger partial charge < -0.3 is 4.74 Å². The van der Waals surface area contributed by atoms with Crippen molar-refractivity contribution in [1.82, 2.24) is 0 Å². The van der Waals surface area contributed by atoms with Gasteiger partial charge in [-0.1, -0.05) is 27.7 Å². The van der Waals surface area contributed by atoms with E-state index in [9.17, 15) is 4.79 Å². The average Bonchev–Trinajstić information content (AvgIpc) is 3.08. The molecule has 0 spiro atoms. The van der Waals surface area contributed by atoms with E-state index < -0.39 is 0 Å². The molecule has 0 aliphatic heterocycles. The quantitative estimate of drug-likeness (QED) is 0.668. The molecule has 2 heteroatoms. The Kier molecular flexibility index (Phi) is 3.02. The zero-order valence-electron chi connectivity index (χ0n) is 15.9. The second-order valence-corrected chi connectivity index (χ2v) is 10.9. The second-order valence-electron chi connectivity index (χ2n) is 10.9. The number of rotatable bonds is 3. The molecular weight excluding hydrogens is 284 g/mol. The Hall–Kier alpha value is -0.530. The molecule has 23 heavy (non-hydrogen) atoms. The van der Waals surface area contributed by atoms with Crippen LogP contribution in [0.5, 0.6) is 0 Å². The number of hydrogen-bond acceptors (Lipinski definition) is 2. The minimum absolute atomic E-state index is 0.0679. The van der Waals surface area contributed by atoms with Crippen LogP contribution in [-0.4, -0.2) is 11.6 Å². The SMILES string of the molecule is CC1(OC(=O)C(C)(C(C)(C)C)C2(C)CC2)C2CC3CC(C2)C1C3. The predicted molar refractivity (Wildman–Crippen MR) is 91.8 cm³/mol. The molecule has 0 aromatic carbocycles. The fourth-order valence-electron chi connectivity index (χ4n) is 6.64. The second kappa shape index (κ2) is 4.35. The molecule has 6 atom stereocenters. The van der Waals surface area contributed by atoms with Gasteiger partial charge in [0.1, 0.15) is 5.60 Å². The summed E-state index contributed by atoms with van der Waals surface area (Å²) in [6.07, 6.45) is 7.60. The Morgan fingerprint density at radius 3 is 2.17 bits per heavy atom. The van der Waals surface area contributed by atoms with Crippen LogP contribution in [0.15, 0.2) is 0 Å². The fraction of sp³-hybridized carbons (Fsp3) is 0.952. The lowest BCUT2D eigenvalue weighted by Crippen LogP contribution is -2.53. The minimum Gasteiger partial charge on any atom is -0.458 e. The van der Waals surface area contributed by atoms with Gasteiger partial charge >= 0.3 is 5.97 Å². The average molecular weight is 319 g/mol. The standard InChI is InChI=1S/C21H34O2/c1-18(2,3)21(6,19(4)7-8-19)17(22)23-20(5)15-10-13-9-14(12-15)16(20)11-13/h13-16H,7-12H2,1-6H3. The topological polar surface area (TPSA) is 26.3 Å². The van der Waals surface area contributed by atoms with Crippen molar-refractivity contribution >= 4 is 5.97 Å². The first-order chi connectivity index (χ1) is 10.5. The Bertz CT molecular complexity index is 529. The summed E-state index contributed by atoms with van der Waals surface area (Å²) in [5.74, 6) is 3.08. The summed E-state index contributed by atoms with van der Waals surface area (Å²) >= 11 is 0. The maximum atomic E-state index is 13.5. The van der Waals surface area contributed by atoms with Gasteiger partial charge in [0.2, 0.25) is 0 Å². The zero-order valence-corrected chi connectivity index (χ0v) is 15.9. The van der Waals surface area contributed by atoms with Crippen LogP contribution in [-0.2, 0) is 9.53 Å². The van der Waals surface area contributed by atoms with Gasteiger partial charge in [-0.2, -0.15) is 0 Å². The monoisotopic (exact) mass is 318 g/mol. The highest BCUT2D eigenvalue weighted by molar-refractivity contribution is 5.79. The number of ether oxygens (including phenoxy) is 1. The van der Waals surface area contributed by atoms with Crippen LogP contribution in [0.4, 0.5) is 0 Å². The van der Waals surface area contributed by atoms with E-state index in [2.05, 4.69) is 41.5 Å². The summed E-state index contributed by atoms with van der Waals surface area (Å²) in [5, 5.41) is 0. The molecule has 5 saturated carbocycles. The summed E-state index contributed by atoms with van der Waals surface area (Å²) in [6, 6.07) is 0. The molecule has 2 nitrogen and oxygen atoms in total. The van der Waals surface area contributed by atoms with E-state index in [1.807, 2.05) is 0 Å². The third-order valence-corrected chi connectivity index (χ3v) is 8.97. The molecule has 6 unspecified atom stereocenters. The van der Waals surface area contributed by atoms with E-state index in [-0.39, 0.29) is 27.8 Å². The summed E-state index contributed by atoms with van der Waals surface area (Å²) in [5.41, 5.74) is -0.522. The van der Waals surface area contributed by atoms with E-state index in [1.165, 1.54) is 25.7 Å². The highest BCUT2D eigenvalue weighted by Crippen LogP contribution is 2.68. The van der Waals surface area contributed by atoms with Gasteiger partial charge in [0, 0.05) is 5.92 Å². The number of hydrogen-bond donors (Lipinski definition) is 0. The fourth-order valence-corrected chi connectivity index (χ4v) is 6.64. The molecule has 0 N–H and O–H groups in total. The van der Waals surface area contributed by atoms with Crippen LogP contribution in [0, 0.1) is 39.9 Å². The van der Waals surface area contributed by atoms with Gasteiger partial charge in [-0.15, -0.1) is 0 Å². The van der Waals surface area contributed by atoms with Gasteiger partial charge in [0.05, 0.1) is 5.41 Å². The first kappa shape index (κ1) is 16.0. The van der Waals surface area contributed by atoms with E-state index in [0.717, 1.165) is 24.7 Å². The van der Waals surface area contributed by atoms with Crippen LogP contribution >= 0.6 is 0 Å². The van der Waals surface area contributed by atoms with Crippen molar-refractivity contribution in [3.63, 3.8) is 0 Å². The van der Waals surface area contributed by atoms with Crippen molar-refractivity contribution in [2.45, 2.75) is 85.7 Å². The number of carbonyl (C=O) groups is 1. The molecule has 0 heterocycles. The van der Waals surface area contributed by atoms with Crippen molar-refractivity contribution in [2.75, 3.05) is 0 Å². The maximum absolute atomic E-state index is 13.5. The van der Waals surface area contributed by atoms with Crippen molar-refractivity contribution in [2.24, 2.45) is 39.9 Å². The van der Waals surface area contributed by atoms with E-state index in [0.29, 0.717) is 11.8 Å². The van der Waals surface area contributed by atoms with Crippen molar-refractivity contribution in [3.05, 3.63) is 0 Å². The molecule has 5 aliphatic rings. The van der Waals surface area contributed by atoms with Gasteiger partial charge in [0.25, 0.3) is 0 Å². The zero-order chi connectivity index (χ0) is 16.8. The lowest BCUT2D eigenvalue weighted by molar-refractivity contribution is -0.195. The van der Waals surface area contributed by atoms with Crippen LogP contribution in [0.25, 0.3) is 0 Å². The largest absolute Gasteiger partial charge is 0.458 e. The van der Waals surface area contributed by atoms with E-state index in [1.54, 1.807) is 0 Å². The summed E-state index contributed by atoms with van der Waals surface area (Å²) < 4.78 is 6.48. The third-order valence-electron chi connectivity index (χ3n) is 8.97.